The van der Waals surface area contributed by atoms with Crippen molar-refractivity contribution in [1.29, 1.82) is 0 Å². The highest BCUT2D eigenvalue weighted by atomic mass is 19.4. The summed E-state index contributed by atoms with van der Waals surface area (Å²) in [6.45, 7) is 1.84. The Morgan fingerprint density at radius 2 is 1.43 bits per heavy atom. The Hall–Kier alpha value is -4.15. The molecule has 194 valence electrons. The molecule has 11 heteroatoms. The lowest BCUT2D eigenvalue weighted by atomic mass is 10.1. The van der Waals surface area contributed by atoms with E-state index in [9.17, 15) is 31.1 Å². The zero-order chi connectivity index (χ0) is 26.8. The van der Waals surface area contributed by atoms with E-state index in [1.54, 1.807) is 6.08 Å². The molecule has 0 saturated carbocycles. The number of anilines is 1. The van der Waals surface area contributed by atoms with E-state index in [4.69, 9.17) is 0 Å². The number of hydrogen-bond donors (Lipinski definition) is 1. The fourth-order valence-corrected chi connectivity index (χ4v) is 3.96. The van der Waals surface area contributed by atoms with Gasteiger partial charge >= 0.3 is 12.7 Å². The molecule has 0 bridgehead atoms. The number of halogens is 6. The number of benzene rings is 3. The van der Waals surface area contributed by atoms with E-state index >= 15 is 0 Å². The van der Waals surface area contributed by atoms with E-state index in [-0.39, 0.29) is 17.4 Å². The Bertz CT molecular complexity index is 1270. The fourth-order valence-electron chi connectivity index (χ4n) is 3.96. The van der Waals surface area contributed by atoms with E-state index < -0.39 is 36.2 Å². The molecule has 1 heterocycles. The maximum absolute atomic E-state index is 13.5. The van der Waals surface area contributed by atoms with Crippen LogP contribution < -0.4 is 19.7 Å². The molecule has 0 spiro atoms. The normalized spacial score (nSPS) is 16.8. The van der Waals surface area contributed by atoms with E-state index in [1.165, 1.54) is 29.2 Å². The molecule has 0 radical (unpaired) electrons. The lowest BCUT2D eigenvalue weighted by molar-refractivity contribution is -0.275. The van der Waals surface area contributed by atoms with Gasteiger partial charge in [0.15, 0.2) is 0 Å². The first-order valence-corrected chi connectivity index (χ1v) is 11.0. The zero-order valence-electron chi connectivity index (χ0n) is 19.2. The lowest BCUT2D eigenvalue weighted by Crippen LogP contribution is -2.33. The quantitative estimate of drug-likeness (QED) is 0.347. The number of alkyl halides is 6. The number of carbonyl (C=O) groups excluding carboxylic acids is 1. The summed E-state index contributed by atoms with van der Waals surface area (Å²) in [5.74, 6) is -1.47. The van der Waals surface area contributed by atoms with Crippen molar-refractivity contribution in [2.75, 3.05) is 4.90 Å². The first-order valence-electron chi connectivity index (χ1n) is 11.0. The van der Waals surface area contributed by atoms with Crippen molar-refractivity contribution in [2.24, 2.45) is 0 Å². The van der Waals surface area contributed by atoms with Gasteiger partial charge in [-0.3, -0.25) is 9.69 Å². The monoisotopic (exact) mass is 522 g/mol. The number of hydrogen-bond acceptors (Lipinski definition) is 4. The molecule has 3 aromatic rings. The van der Waals surface area contributed by atoms with Gasteiger partial charge in [0.25, 0.3) is 5.91 Å². The minimum Gasteiger partial charge on any atom is -0.406 e. The summed E-state index contributed by atoms with van der Waals surface area (Å²) in [7, 11) is 0. The fraction of sp³-hybridized carbons (Fsp3) is 0.192. The maximum Gasteiger partial charge on any atom is 0.573 e. The third-order valence-corrected chi connectivity index (χ3v) is 5.51. The van der Waals surface area contributed by atoms with Crippen LogP contribution in [0.4, 0.5) is 32.0 Å². The molecule has 1 aliphatic heterocycles. The van der Waals surface area contributed by atoms with Crippen LogP contribution in [0.25, 0.3) is 0 Å². The van der Waals surface area contributed by atoms with Crippen LogP contribution in [0.3, 0.4) is 0 Å². The van der Waals surface area contributed by atoms with Crippen molar-refractivity contribution in [2.45, 2.75) is 31.7 Å². The molecule has 0 saturated heterocycles. The van der Waals surface area contributed by atoms with Crippen molar-refractivity contribution < 1.29 is 40.6 Å². The SMILES string of the molecule is C[C@@H](NC1=C[C@@H](c2cccc(OC(F)(F)F)c2)N(c2ccc(OC(F)(F)F)cc2)C1=O)c1ccccc1. The highest BCUT2D eigenvalue weighted by molar-refractivity contribution is 6.09. The first-order chi connectivity index (χ1) is 17.4. The molecule has 1 N–H and O–H groups in total. The Morgan fingerprint density at radius 3 is 2.05 bits per heavy atom. The van der Waals surface area contributed by atoms with Gasteiger partial charge < -0.3 is 14.8 Å². The molecule has 3 aromatic carbocycles. The van der Waals surface area contributed by atoms with E-state index in [0.717, 1.165) is 29.8 Å². The lowest BCUT2D eigenvalue weighted by Gasteiger charge is -2.26. The summed E-state index contributed by atoms with van der Waals surface area (Å²) in [4.78, 5) is 14.7. The van der Waals surface area contributed by atoms with Crippen molar-refractivity contribution in [3.8, 4) is 11.5 Å². The van der Waals surface area contributed by atoms with Crippen molar-refractivity contribution in [3.05, 3.63) is 102 Å². The predicted octanol–water partition coefficient (Wildman–Crippen LogP) is 6.81. The highest BCUT2D eigenvalue weighted by Crippen LogP contribution is 2.38. The van der Waals surface area contributed by atoms with Crippen LogP contribution in [0.1, 0.15) is 30.1 Å². The molecule has 37 heavy (non-hydrogen) atoms. The molecule has 0 aliphatic carbocycles. The molecular formula is C26H20F6N2O3. The van der Waals surface area contributed by atoms with Crippen LogP contribution in [-0.2, 0) is 4.79 Å². The minimum atomic E-state index is -4.91. The average molecular weight is 522 g/mol. The van der Waals surface area contributed by atoms with Crippen molar-refractivity contribution in [1.82, 2.24) is 5.32 Å². The number of nitrogens with zero attached hydrogens (tertiary/aromatic N) is 1. The summed E-state index contributed by atoms with van der Waals surface area (Å²) < 4.78 is 83.9. The van der Waals surface area contributed by atoms with Crippen LogP contribution in [0.2, 0.25) is 0 Å². The zero-order valence-corrected chi connectivity index (χ0v) is 19.2. The smallest absolute Gasteiger partial charge is 0.406 e. The summed E-state index contributed by atoms with van der Waals surface area (Å²) in [6.07, 6.45) is -8.25. The molecule has 1 aliphatic rings. The van der Waals surface area contributed by atoms with E-state index in [0.29, 0.717) is 5.56 Å². The second-order valence-corrected chi connectivity index (χ2v) is 8.14. The van der Waals surface area contributed by atoms with Crippen LogP contribution in [0, 0.1) is 0 Å². The van der Waals surface area contributed by atoms with Gasteiger partial charge in [-0.1, -0.05) is 42.5 Å². The van der Waals surface area contributed by atoms with Gasteiger partial charge in [0.05, 0.1) is 11.7 Å². The second-order valence-electron chi connectivity index (χ2n) is 8.14. The minimum absolute atomic E-state index is 0.180. The first kappa shape index (κ1) is 25.9. The van der Waals surface area contributed by atoms with Gasteiger partial charge in [0, 0.05) is 11.7 Å². The van der Waals surface area contributed by atoms with Crippen molar-refractivity contribution >= 4 is 11.6 Å². The molecule has 5 nitrogen and oxygen atoms in total. The number of carbonyl (C=O) groups is 1. The number of ether oxygens (including phenoxy) is 2. The van der Waals surface area contributed by atoms with Crippen molar-refractivity contribution in [3.63, 3.8) is 0 Å². The predicted molar refractivity (Wildman–Crippen MR) is 123 cm³/mol. The highest BCUT2D eigenvalue weighted by Gasteiger charge is 2.37. The Labute approximate surface area is 207 Å². The molecular weight excluding hydrogens is 502 g/mol. The van der Waals surface area contributed by atoms with Crippen LogP contribution in [0.15, 0.2) is 90.6 Å². The third kappa shape index (κ3) is 6.54. The summed E-state index contributed by atoms with van der Waals surface area (Å²) in [5, 5.41) is 3.12. The molecule has 1 amide bonds. The molecule has 0 fully saturated rings. The summed E-state index contributed by atoms with van der Waals surface area (Å²) in [5.41, 5.74) is 1.58. The van der Waals surface area contributed by atoms with Crippen LogP contribution in [0.5, 0.6) is 11.5 Å². The summed E-state index contributed by atoms with van der Waals surface area (Å²) >= 11 is 0. The maximum atomic E-state index is 13.5. The molecule has 0 aromatic heterocycles. The van der Waals surface area contributed by atoms with Gasteiger partial charge in [-0.25, -0.2) is 0 Å². The standard InChI is InChI=1S/C26H20F6N2O3/c1-16(17-6-3-2-4-7-17)33-22-15-23(18-8-5-9-21(14-18)37-26(30,31)32)34(24(22)35)19-10-12-20(13-11-19)36-25(27,28)29/h2-16,23,33H,1H3/t16-,23+/m1/s1. The number of rotatable bonds is 7. The average Bonchev–Trinajstić information content (AvgIpc) is 3.14. The van der Waals surface area contributed by atoms with Gasteiger partial charge in [0.2, 0.25) is 0 Å². The molecule has 0 unspecified atom stereocenters. The van der Waals surface area contributed by atoms with Gasteiger partial charge in [-0.2, -0.15) is 0 Å². The Balaban J connectivity index is 1.68. The number of nitrogens with one attached hydrogen (secondary N) is 1. The Morgan fingerprint density at radius 1 is 0.811 bits per heavy atom. The topological polar surface area (TPSA) is 50.8 Å². The van der Waals surface area contributed by atoms with Crippen LogP contribution >= 0.6 is 0 Å². The molecule has 4 rings (SSSR count). The van der Waals surface area contributed by atoms with E-state index in [2.05, 4.69) is 14.8 Å². The largest absolute Gasteiger partial charge is 0.573 e. The van der Waals surface area contributed by atoms with Gasteiger partial charge in [-0.05, 0) is 60.5 Å². The van der Waals surface area contributed by atoms with Gasteiger partial charge in [-0.15, -0.1) is 26.3 Å². The summed E-state index contributed by atoms with van der Waals surface area (Å²) in [6, 6.07) is 17.9. The second kappa shape index (κ2) is 10.1. The van der Waals surface area contributed by atoms with Gasteiger partial charge in [0.1, 0.15) is 11.5 Å². The Kier molecular flexibility index (Phi) is 7.06. The third-order valence-electron chi connectivity index (χ3n) is 5.51. The molecule has 2 atom stereocenters. The van der Waals surface area contributed by atoms with E-state index in [1.807, 2.05) is 37.3 Å². The number of amides is 1. The van der Waals surface area contributed by atoms with Crippen LogP contribution in [-0.4, -0.2) is 18.6 Å².